The number of para-hydroxylation sites is 1. The standard InChI is InChI=1S/C21H17BrN4O2/c22-17-9-11-18(12-10-17)24-14-21(16-5-4-8-20(13-16)26(27)28)23-25(15-24)19-6-2-1-3-7-19/h1-13H,14-15H2. The lowest BCUT2D eigenvalue weighted by atomic mass is 10.1. The van der Waals surface area contributed by atoms with E-state index in [1.807, 2.05) is 65.7 Å². The number of nitrogens with zero attached hydrogens (tertiary/aromatic N) is 4. The molecule has 0 saturated heterocycles. The average molecular weight is 437 g/mol. The summed E-state index contributed by atoms with van der Waals surface area (Å²) < 4.78 is 1.01. The van der Waals surface area contributed by atoms with E-state index in [4.69, 9.17) is 5.10 Å². The summed E-state index contributed by atoms with van der Waals surface area (Å²) in [6.07, 6.45) is 0. The second-order valence-corrected chi connectivity index (χ2v) is 7.32. The second-order valence-electron chi connectivity index (χ2n) is 6.41. The Balaban J connectivity index is 1.74. The Morgan fingerprint density at radius 2 is 1.68 bits per heavy atom. The molecule has 0 fully saturated rings. The molecule has 0 spiro atoms. The molecule has 3 aromatic carbocycles. The van der Waals surface area contributed by atoms with Crippen molar-refractivity contribution in [1.82, 2.24) is 0 Å². The highest BCUT2D eigenvalue weighted by molar-refractivity contribution is 9.10. The third-order valence-electron chi connectivity index (χ3n) is 4.52. The van der Waals surface area contributed by atoms with Crippen LogP contribution in [0, 0.1) is 10.1 Å². The average Bonchev–Trinajstić information content (AvgIpc) is 2.74. The molecule has 4 rings (SSSR count). The number of benzene rings is 3. The summed E-state index contributed by atoms with van der Waals surface area (Å²) in [4.78, 5) is 13.0. The Bertz CT molecular complexity index is 1020. The van der Waals surface area contributed by atoms with Crippen LogP contribution in [0.2, 0.25) is 0 Å². The maximum absolute atomic E-state index is 11.2. The summed E-state index contributed by atoms with van der Waals surface area (Å²) in [7, 11) is 0. The Morgan fingerprint density at radius 1 is 0.929 bits per heavy atom. The Labute approximate surface area is 171 Å². The van der Waals surface area contributed by atoms with Gasteiger partial charge in [-0.2, -0.15) is 5.10 Å². The van der Waals surface area contributed by atoms with Gasteiger partial charge >= 0.3 is 0 Å². The van der Waals surface area contributed by atoms with Gasteiger partial charge in [0.1, 0.15) is 6.67 Å². The van der Waals surface area contributed by atoms with Gasteiger partial charge in [-0.05, 0) is 36.4 Å². The second kappa shape index (κ2) is 7.82. The normalized spacial score (nSPS) is 14.0. The fraction of sp³-hybridized carbons (Fsp3) is 0.0952. The molecule has 140 valence electrons. The lowest BCUT2D eigenvalue weighted by Crippen LogP contribution is -2.44. The lowest BCUT2D eigenvalue weighted by Gasteiger charge is -2.35. The van der Waals surface area contributed by atoms with E-state index in [-0.39, 0.29) is 10.6 Å². The van der Waals surface area contributed by atoms with Gasteiger partial charge in [0.2, 0.25) is 0 Å². The van der Waals surface area contributed by atoms with Crippen LogP contribution < -0.4 is 9.91 Å². The number of non-ortho nitro benzene ring substituents is 1. The molecule has 1 heterocycles. The number of hydrogen-bond donors (Lipinski definition) is 0. The number of nitro groups is 1. The number of hydrazone groups is 1. The maximum Gasteiger partial charge on any atom is 0.270 e. The molecule has 0 saturated carbocycles. The number of nitro benzene ring substituents is 1. The van der Waals surface area contributed by atoms with Crippen LogP contribution in [-0.4, -0.2) is 23.8 Å². The molecular formula is C21H17BrN4O2. The van der Waals surface area contributed by atoms with Crippen molar-refractivity contribution >= 4 is 38.7 Å². The highest BCUT2D eigenvalue weighted by Gasteiger charge is 2.23. The van der Waals surface area contributed by atoms with E-state index < -0.39 is 0 Å². The van der Waals surface area contributed by atoms with Crippen molar-refractivity contribution in [1.29, 1.82) is 0 Å². The van der Waals surface area contributed by atoms with Crippen molar-refractivity contribution in [3.63, 3.8) is 0 Å². The number of halogens is 1. The molecule has 3 aromatic rings. The monoisotopic (exact) mass is 436 g/mol. The fourth-order valence-electron chi connectivity index (χ4n) is 3.11. The van der Waals surface area contributed by atoms with Crippen molar-refractivity contribution in [2.45, 2.75) is 0 Å². The zero-order chi connectivity index (χ0) is 19.5. The first kappa shape index (κ1) is 18.2. The van der Waals surface area contributed by atoms with Crippen LogP contribution in [0.5, 0.6) is 0 Å². The van der Waals surface area contributed by atoms with Crippen molar-refractivity contribution < 1.29 is 4.92 Å². The van der Waals surface area contributed by atoms with Gasteiger partial charge in [0.15, 0.2) is 0 Å². The highest BCUT2D eigenvalue weighted by atomic mass is 79.9. The third kappa shape index (κ3) is 3.89. The largest absolute Gasteiger partial charge is 0.346 e. The SMILES string of the molecule is O=[N+]([O-])c1cccc(C2=NN(c3ccccc3)CN(c3ccc(Br)cc3)C2)c1. The fourth-order valence-corrected chi connectivity index (χ4v) is 3.38. The third-order valence-corrected chi connectivity index (χ3v) is 5.05. The Hall–Kier alpha value is -3.19. The number of hydrogen-bond acceptors (Lipinski definition) is 5. The topological polar surface area (TPSA) is 62.0 Å². The summed E-state index contributed by atoms with van der Waals surface area (Å²) in [6, 6.07) is 24.6. The minimum Gasteiger partial charge on any atom is -0.346 e. The van der Waals surface area contributed by atoms with Gasteiger partial charge in [0.05, 0.1) is 22.9 Å². The molecule has 0 amide bonds. The number of rotatable bonds is 4. The van der Waals surface area contributed by atoms with Crippen molar-refractivity contribution in [2.75, 3.05) is 23.1 Å². The first-order valence-electron chi connectivity index (χ1n) is 8.75. The molecule has 6 nitrogen and oxygen atoms in total. The zero-order valence-corrected chi connectivity index (χ0v) is 16.5. The highest BCUT2D eigenvalue weighted by Crippen LogP contribution is 2.26. The minimum atomic E-state index is -0.381. The molecule has 0 radical (unpaired) electrons. The summed E-state index contributed by atoms with van der Waals surface area (Å²) in [5.41, 5.74) is 3.61. The van der Waals surface area contributed by atoms with E-state index in [1.54, 1.807) is 12.1 Å². The van der Waals surface area contributed by atoms with Crippen LogP contribution in [0.15, 0.2) is 88.4 Å². The molecule has 1 aliphatic heterocycles. The molecule has 28 heavy (non-hydrogen) atoms. The molecule has 0 aliphatic carbocycles. The van der Waals surface area contributed by atoms with Crippen LogP contribution in [0.4, 0.5) is 17.1 Å². The first-order chi connectivity index (χ1) is 13.6. The van der Waals surface area contributed by atoms with Gasteiger partial charge in [-0.3, -0.25) is 10.1 Å². The van der Waals surface area contributed by atoms with E-state index in [1.165, 1.54) is 6.07 Å². The summed E-state index contributed by atoms with van der Waals surface area (Å²) in [5, 5.41) is 17.9. The predicted molar refractivity (Wildman–Crippen MR) is 115 cm³/mol. The smallest absolute Gasteiger partial charge is 0.270 e. The van der Waals surface area contributed by atoms with Crippen LogP contribution in [0.25, 0.3) is 0 Å². The molecule has 0 bridgehead atoms. The molecule has 0 unspecified atom stereocenters. The van der Waals surface area contributed by atoms with Crippen LogP contribution in [-0.2, 0) is 0 Å². The maximum atomic E-state index is 11.2. The van der Waals surface area contributed by atoms with Gasteiger partial charge < -0.3 is 4.90 Å². The van der Waals surface area contributed by atoms with E-state index >= 15 is 0 Å². The van der Waals surface area contributed by atoms with Gasteiger partial charge in [0, 0.05) is 27.9 Å². The van der Waals surface area contributed by atoms with Crippen LogP contribution in [0.1, 0.15) is 5.56 Å². The van der Waals surface area contributed by atoms with Gasteiger partial charge in [-0.25, -0.2) is 5.01 Å². The van der Waals surface area contributed by atoms with E-state index in [9.17, 15) is 10.1 Å². The van der Waals surface area contributed by atoms with Crippen molar-refractivity contribution in [3.8, 4) is 0 Å². The molecule has 0 atom stereocenters. The molecule has 7 heteroatoms. The van der Waals surface area contributed by atoms with Crippen LogP contribution >= 0.6 is 15.9 Å². The van der Waals surface area contributed by atoms with E-state index in [0.29, 0.717) is 13.2 Å². The minimum absolute atomic E-state index is 0.0622. The first-order valence-corrected chi connectivity index (χ1v) is 9.55. The quantitative estimate of drug-likeness (QED) is 0.424. The Kier molecular flexibility index (Phi) is 5.08. The van der Waals surface area contributed by atoms with Gasteiger partial charge in [-0.15, -0.1) is 0 Å². The van der Waals surface area contributed by atoms with Crippen molar-refractivity contribution in [3.05, 3.63) is 99.0 Å². The number of anilines is 2. The van der Waals surface area contributed by atoms with E-state index in [2.05, 4.69) is 20.8 Å². The summed E-state index contributed by atoms with van der Waals surface area (Å²) in [5.74, 6) is 0. The van der Waals surface area contributed by atoms with E-state index in [0.717, 1.165) is 27.1 Å². The van der Waals surface area contributed by atoms with Crippen LogP contribution in [0.3, 0.4) is 0 Å². The molecule has 0 N–H and O–H groups in total. The molecule has 0 aromatic heterocycles. The van der Waals surface area contributed by atoms with Crippen molar-refractivity contribution in [2.24, 2.45) is 5.10 Å². The Morgan fingerprint density at radius 3 is 2.39 bits per heavy atom. The lowest BCUT2D eigenvalue weighted by molar-refractivity contribution is -0.384. The predicted octanol–water partition coefficient (Wildman–Crippen LogP) is 5.05. The van der Waals surface area contributed by atoms with Gasteiger partial charge in [-0.1, -0.05) is 46.3 Å². The summed E-state index contributed by atoms with van der Waals surface area (Å²) >= 11 is 3.47. The molecular weight excluding hydrogens is 420 g/mol. The zero-order valence-electron chi connectivity index (χ0n) is 14.9. The summed E-state index contributed by atoms with van der Waals surface area (Å²) in [6.45, 7) is 1.15. The molecule has 1 aliphatic rings. The van der Waals surface area contributed by atoms with Gasteiger partial charge in [0.25, 0.3) is 5.69 Å².